The van der Waals surface area contributed by atoms with E-state index < -0.39 is 11.9 Å². The monoisotopic (exact) mass is 441 g/mol. The van der Waals surface area contributed by atoms with E-state index >= 15 is 0 Å². The summed E-state index contributed by atoms with van der Waals surface area (Å²) in [5.41, 5.74) is 10.1. The van der Waals surface area contributed by atoms with Crippen LogP contribution in [0.5, 0.6) is 0 Å². The van der Waals surface area contributed by atoms with Crippen molar-refractivity contribution in [2.45, 2.75) is 31.7 Å². The highest BCUT2D eigenvalue weighted by molar-refractivity contribution is 5.99. The zero-order chi connectivity index (χ0) is 22.8. The number of amides is 2. The Bertz CT molecular complexity index is 1290. The van der Waals surface area contributed by atoms with Crippen molar-refractivity contribution in [3.8, 4) is 11.1 Å². The number of likely N-dealkylation sites (tertiary alicyclic amines) is 1. The molecule has 1 unspecified atom stereocenters. The molecule has 8 heteroatoms. The minimum Gasteiger partial charge on any atom is -0.364 e. The molecule has 4 aromatic rings. The first-order chi connectivity index (χ1) is 16.1. The van der Waals surface area contributed by atoms with E-state index in [9.17, 15) is 9.59 Å². The normalized spacial score (nSPS) is 20.2. The summed E-state index contributed by atoms with van der Waals surface area (Å²) in [5, 5.41) is 0. The number of nitrogens with two attached hydrogens (primary N) is 1. The van der Waals surface area contributed by atoms with E-state index in [1.807, 2.05) is 48.5 Å². The van der Waals surface area contributed by atoms with E-state index in [-0.39, 0.29) is 16.8 Å². The Morgan fingerprint density at radius 2 is 1.82 bits per heavy atom. The second kappa shape index (κ2) is 8.55. The van der Waals surface area contributed by atoms with Crippen LogP contribution in [0.15, 0.2) is 67.3 Å². The molecule has 2 aromatic heterocycles. The van der Waals surface area contributed by atoms with E-state index in [1.165, 1.54) is 6.33 Å². The molecule has 0 spiro atoms. The lowest BCUT2D eigenvalue weighted by Crippen LogP contribution is -2.62. The highest BCUT2D eigenvalue weighted by Crippen LogP contribution is 2.41. The lowest BCUT2D eigenvalue weighted by Gasteiger charge is -2.36. The number of aryl methyl sites for hydroxylation is 1. The number of quaternary nitrogens is 1. The van der Waals surface area contributed by atoms with E-state index in [4.69, 9.17) is 5.73 Å². The van der Waals surface area contributed by atoms with Gasteiger partial charge in [0.2, 0.25) is 0 Å². The number of fused-ring (bicyclic) bond motifs is 1. The number of nitrogens with zero attached hydrogens (tertiary/aromatic N) is 4. The predicted molar refractivity (Wildman–Crippen MR) is 126 cm³/mol. The van der Waals surface area contributed by atoms with Gasteiger partial charge in [-0.15, -0.1) is 0 Å². The number of hydrogen-bond acceptors (Lipinski definition) is 5. The summed E-state index contributed by atoms with van der Waals surface area (Å²) < 4.78 is -0.0827. The quantitative estimate of drug-likeness (QED) is 0.446. The van der Waals surface area contributed by atoms with Crippen molar-refractivity contribution in [1.82, 2.24) is 24.4 Å². The number of hydrogen-bond donors (Lipinski definition) is 2. The highest BCUT2D eigenvalue weighted by Gasteiger charge is 2.53. The fraction of sp³-hybridized carbons (Fsp3) is 0.240. The van der Waals surface area contributed by atoms with Gasteiger partial charge in [0.1, 0.15) is 17.8 Å². The van der Waals surface area contributed by atoms with Gasteiger partial charge in [0.15, 0.2) is 6.04 Å². The van der Waals surface area contributed by atoms with Gasteiger partial charge in [-0.3, -0.25) is 4.79 Å². The van der Waals surface area contributed by atoms with Crippen LogP contribution in [-0.2, 0) is 16.0 Å². The van der Waals surface area contributed by atoms with Gasteiger partial charge in [-0.25, -0.2) is 24.2 Å². The number of carbonyl (C=O) groups is 2. The van der Waals surface area contributed by atoms with Crippen LogP contribution in [0.2, 0.25) is 0 Å². The Labute approximate surface area is 191 Å². The molecule has 3 N–H and O–H groups in total. The number of benzene rings is 2. The standard InChI is InChI=1S/C25H24N6O2/c26-25(33)22-10-5-13-31(22,21-9-4-1-6-18(21)17-14-27-16-28-15-17)24(32)12-11-23-29-19-7-2-3-8-20(19)30-23/h1-4,6-9,14-16,22H,5,10-13H2,(H2-,26,29,30,33)/p+1/t22-,31?/m0/s1. The summed E-state index contributed by atoms with van der Waals surface area (Å²) in [6.45, 7) is 0.525. The van der Waals surface area contributed by atoms with Gasteiger partial charge < -0.3 is 10.7 Å². The Balaban J connectivity index is 1.54. The van der Waals surface area contributed by atoms with E-state index in [1.54, 1.807) is 12.4 Å². The first-order valence-electron chi connectivity index (χ1n) is 11.1. The molecule has 3 heterocycles. The van der Waals surface area contributed by atoms with Crippen LogP contribution >= 0.6 is 0 Å². The van der Waals surface area contributed by atoms with Gasteiger partial charge in [0.25, 0.3) is 5.91 Å². The largest absolute Gasteiger partial charge is 0.364 e. The maximum atomic E-state index is 13.9. The summed E-state index contributed by atoms with van der Waals surface area (Å²) in [7, 11) is 0. The zero-order valence-corrected chi connectivity index (χ0v) is 18.1. The molecule has 5 rings (SSSR count). The molecule has 1 fully saturated rings. The third-order valence-electron chi connectivity index (χ3n) is 6.51. The molecule has 33 heavy (non-hydrogen) atoms. The van der Waals surface area contributed by atoms with E-state index in [0.29, 0.717) is 19.4 Å². The number of imidazole rings is 1. The lowest BCUT2D eigenvalue weighted by molar-refractivity contribution is -0.136. The molecule has 0 radical (unpaired) electrons. The fourth-order valence-corrected chi connectivity index (χ4v) is 5.04. The fourth-order valence-electron chi connectivity index (χ4n) is 5.04. The molecule has 2 aromatic carbocycles. The molecule has 166 valence electrons. The molecule has 2 atom stereocenters. The third kappa shape index (κ3) is 3.68. The maximum Gasteiger partial charge on any atom is 0.319 e. The minimum atomic E-state index is -0.612. The molecule has 2 amide bonds. The summed E-state index contributed by atoms with van der Waals surface area (Å²) in [6.07, 6.45) is 6.91. The van der Waals surface area contributed by atoms with Crippen LogP contribution in [0.25, 0.3) is 22.2 Å². The van der Waals surface area contributed by atoms with Crippen molar-refractivity contribution in [2.75, 3.05) is 6.54 Å². The minimum absolute atomic E-state index is 0.0407. The maximum absolute atomic E-state index is 13.9. The molecule has 1 aliphatic heterocycles. The molecule has 0 saturated carbocycles. The van der Waals surface area contributed by atoms with Crippen molar-refractivity contribution in [2.24, 2.45) is 5.73 Å². The molecule has 0 bridgehead atoms. The summed E-state index contributed by atoms with van der Waals surface area (Å²) in [4.78, 5) is 42.7. The Morgan fingerprint density at radius 3 is 2.61 bits per heavy atom. The number of para-hydroxylation sites is 3. The second-order valence-electron chi connectivity index (χ2n) is 8.39. The van der Waals surface area contributed by atoms with Gasteiger partial charge in [0.05, 0.1) is 24.0 Å². The van der Waals surface area contributed by atoms with Crippen LogP contribution in [-0.4, -0.2) is 44.3 Å². The van der Waals surface area contributed by atoms with Gasteiger partial charge in [-0.2, -0.15) is 0 Å². The van der Waals surface area contributed by atoms with Crippen molar-refractivity contribution in [1.29, 1.82) is 0 Å². The Morgan fingerprint density at radius 1 is 1.06 bits per heavy atom. The average molecular weight is 442 g/mol. The number of aromatic amines is 1. The lowest BCUT2D eigenvalue weighted by atomic mass is 10.0. The van der Waals surface area contributed by atoms with E-state index in [0.717, 1.165) is 40.1 Å². The van der Waals surface area contributed by atoms with Crippen LogP contribution < -0.4 is 10.2 Å². The Hall–Kier alpha value is -3.91. The molecular weight excluding hydrogens is 416 g/mol. The van der Waals surface area contributed by atoms with Crippen LogP contribution in [0, 0.1) is 0 Å². The molecule has 1 saturated heterocycles. The zero-order valence-electron chi connectivity index (χ0n) is 18.1. The van der Waals surface area contributed by atoms with Gasteiger partial charge in [-0.05, 0) is 18.2 Å². The number of H-pyrrole nitrogens is 1. The van der Waals surface area contributed by atoms with E-state index in [2.05, 4.69) is 19.9 Å². The first-order valence-corrected chi connectivity index (χ1v) is 11.1. The molecule has 8 nitrogen and oxygen atoms in total. The second-order valence-corrected chi connectivity index (χ2v) is 8.39. The topological polar surface area (TPSA) is 115 Å². The van der Waals surface area contributed by atoms with Gasteiger partial charge in [-0.1, -0.05) is 24.3 Å². The van der Waals surface area contributed by atoms with Crippen molar-refractivity contribution >= 4 is 28.5 Å². The first kappa shape index (κ1) is 21.0. The van der Waals surface area contributed by atoms with Crippen LogP contribution in [0.3, 0.4) is 0 Å². The van der Waals surface area contributed by atoms with Crippen LogP contribution in [0.4, 0.5) is 5.69 Å². The SMILES string of the molecule is NC(=O)[C@@H]1CCC[N+]1(C(=O)CCc1nc2ccccc2[nH]1)c1ccccc1-c1cncnc1. The summed E-state index contributed by atoms with van der Waals surface area (Å²) in [6, 6.07) is 14.8. The molecule has 0 aliphatic carbocycles. The number of rotatable bonds is 6. The Kier molecular flexibility index (Phi) is 5.43. The smallest absolute Gasteiger partial charge is 0.319 e. The van der Waals surface area contributed by atoms with Crippen LogP contribution in [0.1, 0.15) is 25.1 Å². The van der Waals surface area contributed by atoms with Gasteiger partial charge in [0, 0.05) is 48.8 Å². The van der Waals surface area contributed by atoms with Crippen molar-refractivity contribution in [3.05, 3.63) is 73.1 Å². The van der Waals surface area contributed by atoms with Crippen molar-refractivity contribution in [3.63, 3.8) is 0 Å². The molecular formula is C25H25N6O2+. The number of carbonyl (C=O) groups excluding carboxylic acids is 2. The number of aromatic nitrogens is 4. The summed E-state index contributed by atoms with van der Waals surface area (Å²) >= 11 is 0. The predicted octanol–water partition coefficient (Wildman–Crippen LogP) is 3.13. The molecule has 1 aliphatic rings. The van der Waals surface area contributed by atoms with Crippen molar-refractivity contribution < 1.29 is 9.59 Å². The summed E-state index contributed by atoms with van der Waals surface area (Å²) in [5.74, 6) is 0.257. The number of nitrogens with one attached hydrogen (secondary N) is 1. The number of primary amides is 1. The highest BCUT2D eigenvalue weighted by atomic mass is 16.2. The third-order valence-corrected chi connectivity index (χ3v) is 6.51. The average Bonchev–Trinajstić information content (AvgIpc) is 3.48. The van der Waals surface area contributed by atoms with Gasteiger partial charge >= 0.3 is 5.91 Å².